The first-order valence-electron chi connectivity index (χ1n) is 4.76. The van der Waals surface area contributed by atoms with Gasteiger partial charge in [0.1, 0.15) is 0 Å². The molecule has 0 heterocycles. The average Bonchev–Trinajstić information content (AvgIpc) is 2.14. The lowest BCUT2D eigenvalue weighted by Gasteiger charge is -2.16. The third kappa shape index (κ3) is 2.90. The van der Waals surface area contributed by atoms with E-state index in [9.17, 15) is 13.2 Å². The summed E-state index contributed by atoms with van der Waals surface area (Å²) in [6.07, 6.45) is 1.12. The van der Waals surface area contributed by atoms with Gasteiger partial charge >= 0.3 is 0 Å². The molecule has 1 rings (SSSR count). The van der Waals surface area contributed by atoms with Crippen molar-refractivity contribution in [2.75, 3.05) is 6.26 Å². The predicted octanol–water partition coefficient (Wildman–Crippen LogP) is 1.01. The molecule has 0 saturated heterocycles. The van der Waals surface area contributed by atoms with E-state index in [0.717, 1.165) is 6.26 Å². The standard InChI is InChI=1S/C11H15NO3S/c1-11(2,12)10(13)8-4-6-9(7-5-8)16(3,14)15/h4-7H,12H2,1-3H3. The van der Waals surface area contributed by atoms with E-state index in [4.69, 9.17) is 5.73 Å². The lowest BCUT2D eigenvalue weighted by atomic mass is 9.95. The molecule has 16 heavy (non-hydrogen) atoms. The number of carbonyl (C=O) groups excluding carboxylic acids is 1. The Morgan fingerprint density at radius 2 is 1.62 bits per heavy atom. The third-order valence-electron chi connectivity index (χ3n) is 2.13. The topological polar surface area (TPSA) is 77.2 Å². The Labute approximate surface area is 95.4 Å². The van der Waals surface area contributed by atoms with Crippen LogP contribution in [0.1, 0.15) is 24.2 Å². The maximum atomic E-state index is 11.8. The van der Waals surface area contributed by atoms with Crippen molar-refractivity contribution < 1.29 is 13.2 Å². The van der Waals surface area contributed by atoms with Gasteiger partial charge in [0.15, 0.2) is 15.6 Å². The van der Waals surface area contributed by atoms with E-state index in [1.165, 1.54) is 24.3 Å². The Morgan fingerprint density at radius 1 is 1.19 bits per heavy atom. The number of benzene rings is 1. The molecule has 0 spiro atoms. The summed E-state index contributed by atoms with van der Waals surface area (Å²) in [6.45, 7) is 3.22. The second-order valence-corrected chi connectivity index (χ2v) is 6.36. The fourth-order valence-corrected chi connectivity index (χ4v) is 1.86. The minimum absolute atomic E-state index is 0.193. The van der Waals surface area contributed by atoms with Crippen LogP contribution in [0.3, 0.4) is 0 Å². The average molecular weight is 241 g/mol. The van der Waals surface area contributed by atoms with Crippen LogP contribution in [-0.4, -0.2) is 26.0 Å². The number of hydrogen-bond donors (Lipinski definition) is 1. The fourth-order valence-electron chi connectivity index (χ4n) is 1.23. The number of Topliss-reactive ketones (excluding diaryl/α,β-unsaturated/α-hetero) is 1. The Balaban J connectivity index is 3.10. The Morgan fingerprint density at radius 3 is 1.94 bits per heavy atom. The molecule has 0 aliphatic rings. The van der Waals surface area contributed by atoms with Gasteiger partial charge < -0.3 is 5.73 Å². The van der Waals surface area contributed by atoms with Gasteiger partial charge in [0, 0.05) is 11.8 Å². The van der Waals surface area contributed by atoms with Crippen molar-refractivity contribution in [3.8, 4) is 0 Å². The van der Waals surface area contributed by atoms with Gasteiger partial charge in [0.2, 0.25) is 0 Å². The van der Waals surface area contributed by atoms with Crippen LogP contribution in [0, 0.1) is 0 Å². The zero-order chi connectivity index (χ0) is 12.6. The summed E-state index contributed by atoms with van der Waals surface area (Å²) in [5.41, 5.74) is 5.13. The SMILES string of the molecule is CC(C)(N)C(=O)c1ccc(S(C)(=O)=O)cc1. The second kappa shape index (κ2) is 3.99. The number of sulfone groups is 1. The van der Waals surface area contributed by atoms with E-state index in [2.05, 4.69) is 0 Å². The van der Waals surface area contributed by atoms with E-state index in [1.807, 2.05) is 0 Å². The van der Waals surface area contributed by atoms with Crippen molar-refractivity contribution in [1.29, 1.82) is 0 Å². The van der Waals surface area contributed by atoms with E-state index in [0.29, 0.717) is 5.56 Å². The quantitative estimate of drug-likeness (QED) is 0.801. The molecule has 0 aliphatic heterocycles. The second-order valence-electron chi connectivity index (χ2n) is 4.35. The van der Waals surface area contributed by atoms with Crippen molar-refractivity contribution >= 4 is 15.6 Å². The summed E-state index contributed by atoms with van der Waals surface area (Å²) < 4.78 is 22.4. The molecule has 0 amide bonds. The molecule has 0 aromatic heterocycles. The van der Waals surface area contributed by atoms with Gasteiger partial charge in [-0.3, -0.25) is 4.79 Å². The van der Waals surface area contributed by atoms with Crippen molar-refractivity contribution in [3.05, 3.63) is 29.8 Å². The smallest absolute Gasteiger partial charge is 0.182 e. The van der Waals surface area contributed by atoms with Crippen molar-refractivity contribution in [2.24, 2.45) is 5.73 Å². The number of rotatable bonds is 3. The molecule has 0 unspecified atom stereocenters. The van der Waals surface area contributed by atoms with Gasteiger partial charge in [-0.1, -0.05) is 12.1 Å². The molecule has 5 heteroatoms. The van der Waals surface area contributed by atoms with Gasteiger partial charge in [-0.15, -0.1) is 0 Å². The minimum Gasteiger partial charge on any atom is -0.319 e. The molecular formula is C11H15NO3S. The molecule has 0 fully saturated rings. The van der Waals surface area contributed by atoms with Crippen LogP contribution in [0.5, 0.6) is 0 Å². The summed E-state index contributed by atoms with van der Waals surface area (Å²) in [4.78, 5) is 11.9. The van der Waals surface area contributed by atoms with Gasteiger partial charge in [0.25, 0.3) is 0 Å². The molecule has 1 aromatic carbocycles. The largest absolute Gasteiger partial charge is 0.319 e. The van der Waals surface area contributed by atoms with Gasteiger partial charge in [0.05, 0.1) is 10.4 Å². The van der Waals surface area contributed by atoms with Gasteiger partial charge in [-0.2, -0.15) is 0 Å². The molecule has 0 radical (unpaired) electrons. The highest BCUT2D eigenvalue weighted by atomic mass is 32.2. The lowest BCUT2D eigenvalue weighted by molar-refractivity contribution is 0.0913. The Kier molecular flexibility index (Phi) is 3.21. The Hall–Kier alpha value is -1.20. The minimum atomic E-state index is -3.22. The third-order valence-corrected chi connectivity index (χ3v) is 3.26. The number of ketones is 1. The maximum Gasteiger partial charge on any atom is 0.182 e. The predicted molar refractivity (Wildman–Crippen MR) is 62.1 cm³/mol. The molecule has 1 aromatic rings. The lowest BCUT2D eigenvalue weighted by Crippen LogP contribution is -2.41. The van der Waals surface area contributed by atoms with Crippen LogP contribution in [0.15, 0.2) is 29.2 Å². The molecule has 0 bridgehead atoms. The van der Waals surface area contributed by atoms with Crippen molar-refractivity contribution in [3.63, 3.8) is 0 Å². The first-order valence-corrected chi connectivity index (χ1v) is 6.65. The molecule has 88 valence electrons. The molecule has 2 N–H and O–H groups in total. The van der Waals surface area contributed by atoms with E-state index < -0.39 is 15.4 Å². The Bertz CT molecular complexity index is 495. The number of hydrogen-bond acceptors (Lipinski definition) is 4. The first kappa shape index (κ1) is 12.9. The zero-order valence-corrected chi connectivity index (χ0v) is 10.3. The number of nitrogens with two attached hydrogens (primary N) is 1. The van der Waals surface area contributed by atoms with Crippen molar-refractivity contribution in [1.82, 2.24) is 0 Å². The molecule has 0 saturated carbocycles. The summed E-state index contributed by atoms with van der Waals surface area (Å²) in [5.74, 6) is -0.215. The van der Waals surface area contributed by atoms with Crippen LogP contribution in [0.2, 0.25) is 0 Å². The zero-order valence-electron chi connectivity index (χ0n) is 9.52. The first-order chi connectivity index (χ1) is 7.12. The van der Waals surface area contributed by atoms with Crippen LogP contribution in [-0.2, 0) is 9.84 Å². The van der Waals surface area contributed by atoms with Gasteiger partial charge in [-0.25, -0.2) is 8.42 Å². The van der Waals surface area contributed by atoms with E-state index in [1.54, 1.807) is 13.8 Å². The summed E-state index contributed by atoms with van der Waals surface area (Å²) in [5, 5.41) is 0. The van der Waals surface area contributed by atoms with Crippen LogP contribution in [0.4, 0.5) is 0 Å². The van der Waals surface area contributed by atoms with Crippen molar-refractivity contribution in [2.45, 2.75) is 24.3 Å². The van der Waals surface area contributed by atoms with E-state index >= 15 is 0 Å². The van der Waals surface area contributed by atoms with Gasteiger partial charge in [-0.05, 0) is 26.0 Å². The molecular weight excluding hydrogens is 226 g/mol. The monoisotopic (exact) mass is 241 g/mol. The number of carbonyl (C=O) groups is 1. The molecule has 0 atom stereocenters. The van der Waals surface area contributed by atoms with Crippen LogP contribution >= 0.6 is 0 Å². The molecule has 4 nitrogen and oxygen atoms in total. The highest BCUT2D eigenvalue weighted by molar-refractivity contribution is 7.90. The fraction of sp³-hybridized carbons (Fsp3) is 0.364. The summed E-state index contributed by atoms with van der Waals surface area (Å²) >= 11 is 0. The highest BCUT2D eigenvalue weighted by Crippen LogP contribution is 2.14. The summed E-state index contributed by atoms with van der Waals surface area (Å²) in [7, 11) is -3.22. The normalized spacial score (nSPS) is 12.5. The highest BCUT2D eigenvalue weighted by Gasteiger charge is 2.23. The molecule has 0 aliphatic carbocycles. The van der Waals surface area contributed by atoms with Crippen LogP contribution < -0.4 is 5.73 Å². The van der Waals surface area contributed by atoms with E-state index in [-0.39, 0.29) is 10.7 Å². The summed E-state index contributed by atoms with van der Waals surface area (Å²) in [6, 6.07) is 5.78. The van der Waals surface area contributed by atoms with Crippen LogP contribution in [0.25, 0.3) is 0 Å². The maximum absolute atomic E-state index is 11.8.